The predicted molar refractivity (Wildman–Crippen MR) is 100 cm³/mol. The summed E-state index contributed by atoms with van der Waals surface area (Å²) in [6, 6.07) is 5.94. The van der Waals surface area contributed by atoms with Crippen LogP contribution in [0.1, 0.15) is 29.5 Å². The molecule has 3 aromatic rings. The third kappa shape index (κ3) is 3.03. The second-order valence-electron chi connectivity index (χ2n) is 6.82. The zero-order valence-corrected chi connectivity index (χ0v) is 15.4. The number of rotatable bonds is 4. The van der Waals surface area contributed by atoms with E-state index in [9.17, 15) is 0 Å². The van der Waals surface area contributed by atoms with E-state index in [0.717, 1.165) is 48.6 Å². The van der Waals surface area contributed by atoms with E-state index in [0.29, 0.717) is 5.92 Å². The van der Waals surface area contributed by atoms with Gasteiger partial charge in [0.1, 0.15) is 5.01 Å². The Kier molecular flexibility index (Phi) is 3.81. The summed E-state index contributed by atoms with van der Waals surface area (Å²) in [7, 11) is 0. The molecule has 26 heavy (non-hydrogen) atoms. The minimum absolute atomic E-state index is 0.676. The molecule has 0 spiro atoms. The minimum Gasteiger partial charge on any atom is -0.352 e. The van der Waals surface area contributed by atoms with Crippen molar-refractivity contribution in [2.75, 3.05) is 36.0 Å². The van der Waals surface area contributed by atoms with E-state index >= 15 is 0 Å². The van der Waals surface area contributed by atoms with Gasteiger partial charge in [-0.1, -0.05) is 11.3 Å². The SMILES string of the molecule is Cc1ccn(-c2ccc(N3CCN(c4nnc(C5CC5)s4)CC3)nn2)n1. The maximum atomic E-state index is 4.39. The Labute approximate surface area is 155 Å². The van der Waals surface area contributed by atoms with Crippen LogP contribution in [0.5, 0.6) is 0 Å². The van der Waals surface area contributed by atoms with E-state index in [-0.39, 0.29) is 0 Å². The van der Waals surface area contributed by atoms with Crippen LogP contribution < -0.4 is 9.80 Å². The first-order valence-corrected chi connectivity index (χ1v) is 9.77. The molecule has 0 N–H and O–H groups in total. The third-order valence-corrected chi connectivity index (χ3v) is 5.97. The van der Waals surface area contributed by atoms with Crippen molar-refractivity contribution in [1.82, 2.24) is 30.2 Å². The summed E-state index contributed by atoms with van der Waals surface area (Å²) in [6.07, 6.45) is 4.44. The molecule has 0 atom stereocenters. The molecule has 4 heterocycles. The van der Waals surface area contributed by atoms with Gasteiger partial charge in [0.15, 0.2) is 11.6 Å². The van der Waals surface area contributed by atoms with Crippen molar-refractivity contribution >= 4 is 22.3 Å². The van der Waals surface area contributed by atoms with Crippen molar-refractivity contribution in [2.24, 2.45) is 0 Å². The highest BCUT2D eigenvalue weighted by atomic mass is 32.1. The van der Waals surface area contributed by atoms with Crippen molar-refractivity contribution in [3.05, 3.63) is 35.1 Å². The molecule has 0 amide bonds. The van der Waals surface area contributed by atoms with Crippen LogP contribution in [-0.2, 0) is 0 Å². The highest BCUT2D eigenvalue weighted by Crippen LogP contribution is 2.42. The van der Waals surface area contributed by atoms with Gasteiger partial charge in [-0.25, -0.2) is 4.68 Å². The van der Waals surface area contributed by atoms with Gasteiger partial charge >= 0.3 is 0 Å². The molecule has 8 nitrogen and oxygen atoms in total. The first-order valence-electron chi connectivity index (χ1n) is 8.96. The molecule has 1 saturated carbocycles. The molecule has 0 unspecified atom stereocenters. The molecule has 1 aliphatic heterocycles. The molecule has 2 aliphatic rings. The second-order valence-corrected chi connectivity index (χ2v) is 7.81. The van der Waals surface area contributed by atoms with Gasteiger partial charge in [-0.2, -0.15) is 5.10 Å². The molecular formula is C17H20N8S. The van der Waals surface area contributed by atoms with Crippen LogP contribution in [0.25, 0.3) is 5.82 Å². The number of aromatic nitrogens is 6. The minimum atomic E-state index is 0.676. The number of piperazine rings is 1. The molecule has 2 fully saturated rings. The van der Waals surface area contributed by atoms with Gasteiger partial charge in [-0.15, -0.1) is 20.4 Å². The van der Waals surface area contributed by atoms with Crippen LogP contribution in [0.3, 0.4) is 0 Å². The van der Waals surface area contributed by atoms with E-state index in [4.69, 9.17) is 0 Å². The number of nitrogens with zero attached hydrogens (tertiary/aromatic N) is 8. The number of hydrogen-bond donors (Lipinski definition) is 0. The van der Waals surface area contributed by atoms with Gasteiger partial charge in [-0.3, -0.25) is 0 Å². The molecule has 9 heteroatoms. The Balaban J connectivity index is 1.23. The summed E-state index contributed by atoms with van der Waals surface area (Å²) in [5.41, 5.74) is 0.966. The predicted octanol–water partition coefficient (Wildman–Crippen LogP) is 2.03. The summed E-state index contributed by atoms with van der Waals surface area (Å²) in [5, 5.41) is 24.1. The third-order valence-electron chi connectivity index (χ3n) is 4.82. The summed E-state index contributed by atoms with van der Waals surface area (Å²) in [6.45, 7) is 5.64. The van der Waals surface area contributed by atoms with Crippen molar-refractivity contribution < 1.29 is 0 Å². The lowest BCUT2D eigenvalue weighted by molar-refractivity contribution is 0.638. The highest BCUT2D eigenvalue weighted by molar-refractivity contribution is 7.15. The van der Waals surface area contributed by atoms with E-state index < -0.39 is 0 Å². The number of hydrogen-bond acceptors (Lipinski definition) is 8. The Morgan fingerprint density at radius 2 is 1.62 bits per heavy atom. The van der Waals surface area contributed by atoms with Crippen LogP contribution in [0.15, 0.2) is 24.4 Å². The summed E-state index contributed by atoms with van der Waals surface area (Å²) >= 11 is 1.76. The summed E-state index contributed by atoms with van der Waals surface area (Å²) in [4.78, 5) is 4.60. The largest absolute Gasteiger partial charge is 0.352 e. The molecule has 3 aromatic heterocycles. The lowest BCUT2D eigenvalue weighted by Gasteiger charge is -2.34. The Morgan fingerprint density at radius 3 is 2.27 bits per heavy atom. The monoisotopic (exact) mass is 368 g/mol. The van der Waals surface area contributed by atoms with Crippen molar-refractivity contribution in [1.29, 1.82) is 0 Å². The van der Waals surface area contributed by atoms with Gasteiger partial charge in [0, 0.05) is 38.3 Å². The second kappa shape index (κ2) is 6.31. The Bertz CT molecular complexity index is 890. The van der Waals surface area contributed by atoms with Gasteiger partial charge in [0.25, 0.3) is 0 Å². The van der Waals surface area contributed by atoms with E-state index in [1.807, 2.05) is 31.3 Å². The van der Waals surface area contributed by atoms with E-state index in [2.05, 4.69) is 35.3 Å². The lowest BCUT2D eigenvalue weighted by Crippen LogP contribution is -2.46. The molecular weight excluding hydrogens is 348 g/mol. The first kappa shape index (κ1) is 15.7. The van der Waals surface area contributed by atoms with E-state index in [1.54, 1.807) is 16.0 Å². The molecule has 0 bridgehead atoms. The fraction of sp³-hybridized carbons (Fsp3) is 0.471. The quantitative estimate of drug-likeness (QED) is 0.697. The molecule has 0 radical (unpaired) electrons. The van der Waals surface area contributed by atoms with Crippen LogP contribution >= 0.6 is 11.3 Å². The summed E-state index contributed by atoms with van der Waals surface area (Å²) in [5.74, 6) is 2.32. The lowest BCUT2D eigenvalue weighted by atomic mass is 10.3. The number of aryl methyl sites for hydroxylation is 1. The maximum Gasteiger partial charge on any atom is 0.208 e. The van der Waals surface area contributed by atoms with Gasteiger partial charge in [0.05, 0.1) is 5.69 Å². The Morgan fingerprint density at radius 1 is 0.885 bits per heavy atom. The van der Waals surface area contributed by atoms with Crippen LogP contribution in [-0.4, -0.2) is 56.4 Å². The van der Waals surface area contributed by atoms with Crippen LogP contribution in [0.4, 0.5) is 10.9 Å². The zero-order valence-electron chi connectivity index (χ0n) is 14.6. The highest BCUT2D eigenvalue weighted by Gasteiger charge is 2.29. The maximum absolute atomic E-state index is 4.39. The molecule has 1 aliphatic carbocycles. The standard InChI is InChI=1S/C17H20N8S/c1-12-6-7-25(22-12)15-5-4-14(18-19-15)23-8-10-24(11-9-23)17-21-20-16(26-17)13-2-3-13/h4-7,13H,2-3,8-11H2,1H3. The van der Waals surface area contributed by atoms with Crippen molar-refractivity contribution in [3.8, 4) is 5.82 Å². The molecule has 5 rings (SSSR count). The fourth-order valence-electron chi connectivity index (χ4n) is 3.13. The molecule has 134 valence electrons. The fourth-order valence-corrected chi connectivity index (χ4v) is 4.19. The average Bonchev–Trinajstić information content (AvgIpc) is 3.25. The smallest absolute Gasteiger partial charge is 0.208 e. The molecule has 0 aromatic carbocycles. The first-order chi connectivity index (χ1) is 12.8. The normalized spacial score (nSPS) is 17.7. The zero-order chi connectivity index (χ0) is 17.5. The van der Waals surface area contributed by atoms with Crippen molar-refractivity contribution in [2.45, 2.75) is 25.7 Å². The van der Waals surface area contributed by atoms with E-state index in [1.165, 1.54) is 17.8 Å². The summed E-state index contributed by atoms with van der Waals surface area (Å²) < 4.78 is 1.75. The number of anilines is 2. The van der Waals surface area contributed by atoms with Crippen molar-refractivity contribution in [3.63, 3.8) is 0 Å². The van der Waals surface area contributed by atoms with Gasteiger partial charge in [-0.05, 0) is 38.0 Å². The topological polar surface area (TPSA) is 75.9 Å². The average molecular weight is 368 g/mol. The van der Waals surface area contributed by atoms with Crippen LogP contribution in [0.2, 0.25) is 0 Å². The Hall–Kier alpha value is -2.55. The molecule has 1 saturated heterocycles. The van der Waals surface area contributed by atoms with Crippen LogP contribution in [0, 0.1) is 6.92 Å². The van der Waals surface area contributed by atoms with Gasteiger partial charge in [0.2, 0.25) is 5.13 Å². The van der Waals surface area contributed by atoms with Gasteiger partial charge < -0.3 is 9.80 Å².